The number of ether oxygens (including phenoxy) is 2. The molecule has 0 aromatic heterocycles. The van der Waals surface area contributed by atoms with Gasteiger partial charge in [-0.2, -0.15) is 0 Å². The number of carbonyl (C=O) groups is 1. The van der Waals surface area contributed by atoms with Crippen LogP contribution in [-0.4, -0.2) is 87.9 Å². The van der Waals surface area contributed by atoms with Gasteiger partial charge in [0.2, 0.25) is 5.91 Å². The highest BCUT2D eigenvalue weighted by Gasteiger charge is 2.24. The van der Waals surface area contributed by atoms with Crippen molar-refractivity contribution in [3.05, 3.63) is 0 Å². The van der Waals surface area contributed by atoms with Gasteiger partial charge in [0, 0.05) is 53.8 Å². The van der Waals surface area contributed by atoms with Gasteiger partial charge in [0.15, 0.2) is 5.96 Å². The van der Waals surface area contributed by atoms with Gasteiger partial charge in [-0.05, 0) is 18.8 Å². The fourth-order valence-electron chi connectivity index (χ4n) is 3.22. The zero-order valence-corrected chi connectivity index (χ0v) is 14.6. The second-order valence-electron chi connectivity index (χ2n) is 6.27. The van der Waals surface area contributed by atoms with E-state index in [-0.39, 0.29) is 12.0 Å². The normalized spacial score (nSPS) is 24.0. The van der Waals surface area contributed by atoms with Gasteiger partial charge < -0.3 is 24.6 Å². The molecule has 132 valence electrons. The minimum absolute atomic E-state index is 0.103. The van der Waals surface area contributed by atoms with Crippen molar-refractivity contribution < 1.29 is 14.3 Å². The van der Waals surface area contributed by atoms with E-state index in [0.717, 1.165) is 51.5 Å². The van der Waals surface area contributed by atoms with E-state index in [0.29, 0.717) is 19.1 Å². The zero-order valence-electron chi connectivity index (χ0n) is 14.6. The Bertz CT molecular complexity index is 406. The number of methoxy groups -OCH3 is 1. The van der Waals surface area contributed by atoms with Gasteiger partial charge in [-0.15, -0.1) is 0 Å². The van der Waals surface area contributed by atoms with E-state index in [1.807, 2.05) is 11.9 Å². The lowest BCUT2D eigenvalue weighted by molar-refractivity contribution is -0.130. The maximum Gasteiger partial charge on any atom is 0.219 e. The number of likely N-dealkylation sites (tertiary alicyclic amines) is 1. The summed E-state index contributed by atoms with van der Waals surface area (Å²) in [5, 5.41) is 3.49. The number of hydrogen-bond acceptors (Lipinski definition) is 4. The summed E-state index contributed by atoms with van der Waals surface area (Å²) in [5.74, 6) is 1.71. The number of rotatable bonds is 4. The second kappa shape index (κ2) is 9.08. The lowest BCUT2D eigenvalue weighted by Crippen LogP contribution is -2.52. The molecule has 0 saturated carbocycles. The molecule has 1 amide bonds. The van der Waals surface area contributed by atoms with Gasteiger partial charge in [-0.3, -0.25) is 9.79 Å². The summed E-state index contributed by atoms with van der Waals surface area (Å²) in [6.07, 6.45) is 2.21. The van der Waals surface area contributed by atoms with Gasteiger partial charge in [0.25, 0.3) is 0 Å². The molecule has 2 rings (SSSR count). The Labute approximate surface area is 139 Å². The summed E-state index contributed by atoms with van der Waals surface area (Å²) < 4.78 is 10.9. The van der Waals surface area contributed by atoms with Crippen LogP contribution in [0, 0.1) is 5.92 Å². The van der Waals surface area contributed by atoms with Crippen LogP contribution in [0.2, 0.25) is 0 Å². The van der Waals surface area contributed by atoms with Crippen LogP contribution in [0.15, 0.2) is 4.99 Å². The van der Waals surface area contributed by atoms with Gasteiger partial charge in [0.1, 0.15) is 0 Å². The second-order valence-corrected chi connectivity index (χ2v) is 6.27. The quantitative estimate of drug-likeness (QED) is 0.589. The molecule has 7 heteroatoms. The van der Waals surface area contributed by atoms with Crippen LogP contribution < -0.4 is 5.32 Å². The predicted octanol–water partition coefficient (Wildman–Crippen LogP) is 0.168. The van der Waals surface area contributed by atoms with Crippen LogP contribution in [0.1, 0.15) is 19.8 Å². The van der Waals surface area contributed by atoms with Gasteiger partial charge in [0.05, 0.1) is 19.3 Å². The van der Waals surface area contributed by atoms with Crippen molar-refractivity contribution in [2.24, 2.45) is 10.9 Å². The molecule has 2 aliphatic heterocycles. The average Bonchev–Trinajstić information content (AvgIpc) is 2.56. The first-order valence-electron chi connectivity index (χ1n) is 8.45. The molecule has 1 unspecified atom stereocenters. The van der Waals surface area contributed by atoms with Crippen LogP contribution in [0.3, 0.4) is 0 Å². The number of piperidine rings is 1. The number of amides is 1. The minimum Gasteiger partial charge on any atom is -0.382 e. The molecule has 0 radical (unpaired) electrons. The van der Waals surface area contributed by atoms with E-state index < -0.39 is 0 Å². The van der Waals surface area contributed by atoms with Crippen molar-refractivity contribution in [3.63, 3.8) is 0 Å². The summed E-state index contributed by atoms with van der Waals surface area (Å²) in [5.41, 5.74) is 0. The molecule has 0 aromatic carbocycles. The third-order valence-electron chi connectivity index (χ3n) is 4.61. The molecule has 7 nitrogen and oxygen atoms in total. The highest BCUT2D eigenvalue weighted by molar-refractivity contribution is 5.80. The zero-order chi connectivity index (χ0) is 16.7. The van der Waals surface area contributed by atoms with Crippen LogP contribution in [-0.2, 0) is 14.3 Å². The van der Waals surface area contributed by atoms with Crippen molar-refractivity contribution in [1.29, 1.82) is 0 Å². The van der Waals surface area contributed by atoms with Crippen LogP contribution in [0.25, 0.3) is 0 Å². The Morgan fingerprint density at radius 3 is 2.65 bits per heavy atom. The molecule has 0 spiro atoms. The fraction of sp³-hybridized carbons (Fsp3) is 0.875. The summed E-state index contributed by atoms with van der Waals surface area (Å²) in [7, 11) is 3.52. The van der Waals surface area contributed by atoms with E-state index in [4.69, 9.17) is 9.47 Å². The molecule has 23 heavy (non-hydrogen) atoms. The SMILES string of the molecule is CN=C(NCC1CCN(C(C)=O)CC1)N1CCOC(COC)C1. The van der Waals surface area contributed by atoms with E-state index in [2.05, 4.69) is 15.2 Å². The highest BCUT2D eigenvalue weighted by atomic mass is 16.5. The number of morpholine rings is 1. The molecular weight excluding hydrogens is 296 g/mol. The van der Waals surface area contributed by atoms with Crippen LogP contribution in [0.4, 0.5) is 0 Å². The molecule has 0 bridgehead atoms. The smallest absolute Gasteiger partial charge is 0.219 e. The Morgan fingerprint density at radius 2 is 2.04 bits per heavy atom. The van der Waals surface area contributed by atoms with Gasteiger partial charge in [-0.25, -0.2) is 0 Å². The number of carbonyl (C=O) groups excluding carboxylic acids is 1. The van der Waals surface area contributed by atoms with Crippen molar-refractivity contribution in [2.45, 2.75) is 25.9 Å². The van der Waals surface area contributed by atoms with E-state index in [1.165, 1.54) is 0 Å². The number of aliphatic imine (C=N–C) groups is 1. The number of guanidine groups is 1. The molecule has 2 saturated heterocycles. The maximum absolute atomic E-state index is 11.4. The monoisotopic (exact) mass is 326 g/mol. The fourth-order valence-corrected chi connectivity index (χ4v) is 3.22. The molecule has 1 N–H and O–H groups in total. The average molecular weight is 326 g/mol. The Morgan fingerprint density at radius 1 is 1.30 bits per heavy atom. The third kappa shape index (κ3) is 5.35. The van der Waals surface area contributed by atoms with Crippen molar-refractivity contribution >= 4 is 11.9 Å². The van der Waals surface area contributed by atoms with Crippen molar-refractivity contribution in [3.8, 4) is 0 Å². The Balaban J connectivity index is 1.76. The van der Waals surface area contributed by atoms with Crippen molar-refractivity contribution in [2.75, 3.05) is 60.1 Å². The Kier molecular flexibility index (Phi) is 7.11. The summed E-state index contributed by atoms with van der Waals surface area (Å²) in [4.78, 5) is 19.9. The molecular formula is C16H30N4O3. The largest absolute Gasteiger partial charge is 0.382 e. The first-order chi connectivity index (χ1) is 11.1. The lowest BCUT2D eigenvalue weighted by Gasteiger charge is -2.36. The first-order valence-corrected chi connectivity index (χ1v) is 8.45. The highest BCUT2D eigenvalue weighted by Crippen LogP contribution is 2.16. The number of nitrogens with zero attached hydrogens (tertiary/aromatic N) is 3. The molecule has 0 aliphatic carbocycles. The molecule has 1 atom stereocenters. The maximum atomic E-state index is 11.4. The van der Waals surface area contributed by atoms with E-state index in [9.17, 15) is 4.79 Å². The summed E-state index contributed by atoms with van der Waals surface area (Å²) in [6.45, 7) is 7.25. The standard InChI is InChI=1S/C16H30N4O3/c1-13(21)19-6-4-14(5-7-19)10-18-16(17-2)20-8-9-23-15(11-20)12-22-3/h14-15H,4-12H2,1-3H3,(H,17,18). The topological polar surface area (TPSA) is 66.4 Å². The van der Waals surface area contributed by atoms with Crippen LogP contribution in [0.5, 0.6) is 0 Å². The summed E-state index contributed by atoms with van der Waals surface area (Å²) in [6, 6.07) is 0. The Hall–Kier alpha value is -1.34. The first kappa shape index (κ1) is 18.0. The lowest BCUT2D eigenvalue weighted by atomic mass is 9.97. The van der Waals surface area contributed by atoms with Crippen molar-refractivity contribution in [1.82, 2.24) is 15.1 Å². The van der Waals surface area contributed by atoms with Gasteiger partial charge in [-0.1, -0.05) is 0 Å². The van der Waals surface area contributed by atoms with Crippen LogP contribution >= 0.6 is 0 Å². The molecule has 2 heterocycles. The minimum atomic E-state index is 0.103. The van der Waals surface area contributed by atoms with E-state index >= 15 is 0 Å². The van der Waals surface area contributed by atoms with Gasteiger partial charge >= 0.3 is 0 Å². The predicted molar refractivity (Wildman–Crippen MR) is 89.5 cm³/mol. The molecule has 2 aliphatic rings. The molecule has 2 fully saturated rings. The number of nitrogens with one attached hydrogen (secondary N) is 1. The third-order valence-corrected chi connectivity index (χ3v) is 4.61. The summed E-state index contributed by atoms with van der Waals surface area (Å²) >= 11 is 0. The molecule has 0 aromatic rings. The number of hydrogen-bond donors (Lipinski definition) is 1. The van der Waals surface area contributed by atoms with E-state index in [1.54, 1.807) is 14.0 Å².